The molecule has 4 amide bonds. The van der Waals surface area contributed by atoms with E-state index in [4.69, 9.17) is 9.47 Å². The van der Waals surface area contributed by atoms with Crippen molar-refractivity contribution in [3.05, 3.63) is 35.9 Å². The van der Waals surface area contributed by atoms with Gasteiger partial charge in [0.2, 0.25) is 11.8 Å². The third-order valence-corrected chi connectivity index (χ3v) is 5.60. The van der Waals surface area contributed by atoms with Crippen molar-refractivity contribution in [3.8, 4) is 0 Å². The molecule has 1 aromatic carbocycles. The van der Waals surface area contributed by atoms with E-state index >= 15 is 0 Å². The second kappa shape index (κ2) is 14.4. The lowest BCUT2D eigenvalue weighted by Gasteiger charge is -2.31. The quantitative estimate of drug-likeness (QED) is 0.418. The molecule has 3 N–H and O–H groups in total. The summed E-state index contributed by atoms with van der Waals surface area (Å²) in [6.07, 6.45) is 1.42. The van der Waals surface area contributed by atoms with Gasteiger partial charge in [0.1, 0.15) is 18.8 Å². The highest BCUT2D eigenvalue weighted by molar-refractivity contribution is 5.99. The standard InChI is InChI=1S/C26H40N4O6/c1-19-12-14-27-21(16-19)23(32)30(22(31)17-29-25(34)36-26(2,3)4)15-9-8-13-28-24(33)35-18-20-10-6-5-7-11-20/h5-7,10-11,19,21,27H,8-9,12-18H2,1-4H3,(H,28,33)(H,29,34). The van der Waals surface area contributed by atoms with Gasteiger partial charge in [-0.1, -0.05) is 37.3 Å². The minimum atomic E-state index is -0.717. The molecule has 2 rings (SSSR count). The van der Waals surface area contributed by atoms with Gasteiger partial charge in [-0.3, -0.25) is 14.5 Å². The van der Waals surface area contributed by atoms with Crippen LogP contribution >= 0.6 is 0 Å². The number of hydrogen-bond donors (Lipinski definition) is 3. The summed E-state index contributed by atoms with van der Waals surface area (Å²) < 4.78 is 10.4. The predicted octanol–water partition coefficient (Wildman–Crippen LogP) is 2.96. The van der Waals surface area contributed by atoms with E-state index in [0.29, 0.717) is 38.3 Å². The lowest BCUT2D eigenvalue weighted by atomic mass is 9.93. The van der Waals surface area contributed by atoms with Gasteiger partial charge < -0.3 is 25.4 Å². The van der Waals surface area contributed by atoms with Crippen LogP contribution in [0.5, 0.6) is 0 Å². The topological polar surface area (TPSA) is 126 Å². The molecule has 0 spiro atoms. The molecule has 0 radical (unpaired) electrons. The monoisotopic (exact) mass is 504 g/mol. The van der Waals surface area contributed by atoms with E-state index in [9.17, 15) is 19.2 Å². The summed E-state index contributed by atoms with van der Waals surface area (Å²) in [6, 6.07) is 8.94. The number of amides is 4. The van der Waals surface area contributed by atoms with Crippen LogP contribution in [0.25, 0.3) is 0 Å². The van der Waals surface area contributed by atoms with E-state index in [1.54, 1.807) is 20.8 Å². The molecule has 2 unspecified atom stereocenters. The molecule has 36 heavy (non-hydrogen) atoms. The molecule has 0 aromatic heterocycles. The second-order valence-corrected chi connectivity index (χ2v) is 10.1. The molecule has 1 aromatic rings. The first-order valence-electron chi connectivity index (χ1n) is 12.5. The molecule has 1 aliphatic heterocycles. The van der Waals surface area contributed by atoms with Gasteiger partial charge in [-0.15, -0.1) is 0 Å². The molecule has 200 valence electrons. The van der Waals surface area contributed by atoms with Gasteiger partial charge in [-0.25, -0.2) is 9.59 Å². The summed E-state index contributed by atoms with van der Waals surface area (Å²) in [5, 5.41) is 8.31. The fraction of sp³-hybridized carbons (Fsp3) is 0.615. The summed E-state index contributed by atoms with van der Waals surface area (Å²) in [5.41, 5.74) is 0.200. The summed E-state index contributed by atoms with van der Waals surface area (Å²) >= 11 is 0. The zero-order valence-corrected chi connectivity index (χ0v) is 21.8. The van der Waals surface area contributed by atoms with E-state index in [0.717, 1.165) is 12.0 Å². The SMILES string of the molecule is CC1CCNC(C(=O)N(CCCCNC(=O)OCc2ccccc2)C(=O)CNC(=O)OC(C)(C)C)C1. The number of nitrogens with one attached hydrogen (secondary N) is 3. The second-order valence-electron chi connectivity index (χ2n) is 10.1. The number of benzene rings is 1. The Kier molecular flexibility index (Phi) is 11.7. The van der Waals surface area contributed by atoms with Gasteiger partial charge in [0.15, 0.2) is 0 Å². The van der Waals surface area contributed by atoms with Gasteiger partial charge in [-0.2, -0.15) is 0 Å². The van der Waals surface area contributed by atoms with E-state index < -0.39 is 29.7 Å². The summed E-state index contributed by atoms with van der Waals surface area (Å²) in [6.45, 7) is 8.35. The Morgan fingerprint density at radius 3 is 2.44 bits per heavy atom. The molecule has 1 saturated heterocycles. The van der Waals surface area contributed by atoms with E-state index in [1.807, 2.05) is 30.3 Å². The van der Waals surface area contributed by atoms with Crippen LogP contribution in [0.1, 0.15) is 58.9 Å². The normalized spacial score (nSPS) is 17.6. The zero-order chi connectivity index (χ0) is 26.6. The number of nitrogens with zero attached hydrogens (tertiary/aromatic N) is 1. The molecular formula is C26H40N4O6. The highest BCUT2D eigenvalue weighted by Crippen LogP contribution is 2.17. The lowest BCUT2D eigenvalue weighted by molar-refractivity contribution is -0.146. The first-order valence-corrected chi connectivity index (χ1v) is 12.5. The molecule has 10 heteroatoms. The lowest BCUT2D eigenvalue weighted by Crippen LogP contribution is -2.54. The number of hydrogen-bond acceptors (Lipinski definition) is 7. The third kappa shape index (κ3) is 11.1. The molecule has 1 fully saturated rings. The highest BCUT2D eigenvalue weighted by Gasteiger charge is 2.31. The first kappa shape index (κ1) is 29.1. The van der Waals surface area contributed by atoms with Gasteiger partial charge in [0.25, 0.3) is 0 Å². The Hall–Kier alpha value is -3.14. The van der Waals surface area contributed by atoms with Crippen LogP contribution in [0.4, 0.5) is 9.59 Å². The number of ether oxygens (including phenoxy) is 2. The van der Waals surface area contributed by atoms with Crippen molar-refractivity contribution in [1.29, 1.82) is 0 Å². The van der Waals surface area contributed by atoms with Crippen LogP contribution < -0.4 is 16.0 Å². The van der Waals surface area contributed by atoms with Crippen molar-refractivity contribution in [3.63, 3.8) is 0 Å². The molecule has 2 atom stereocenters. The summed E-state index contributed by atoms with van der Waals surface area (Å²) in [7, 11) is 0. The number of carbonyl (C=O) groups is 4. The Balaban J connectivity index is 1.82. The third-order valence-electron chi connectivity index (χ3n) is 5.60. The maximum atomic E-state index is 13.2. The number of imide groups is 1. The molecule has 1 aliphatic rings. The molecule has 0 bridgehead atoms. The Bertz CT molecular complexity index is 871. The minimum Gasteiger partial charge on any atom is -0.445 e. The number of piperidine rings is 1. The smallest absolute Gasteiger partial charge is 0.408 e. The molecule has 0 aliphatic carbocycles. The van der Waals surface area contributed by atoms with E-state index in [-0.39, 0.29) is 25.6 Å². The fourth-order valence-corrected chi connectivity index (χ4v) is 3.76. The van der Waals surface area contributed by atoms with Crippen LogP contribution in [0.2, 0.25) is 0 Å². The van der Waals surface area contributed by atoms with E-state index in [2.05, 4.69) is 22.9 Å². The van der Waals surface area contributed by atoms with Crippen molar-refractivity contribution in [1.82, 2.24) is 20.9 Å². The number of alkyl carbamates (subject to hydrolysis) is 2. The van der Waals surface area contributed by atoms with Gasteiger partial charge in [0.05, 0.1) is 6.04 Å². The van der Waals surface area contributed by atoms with Crippen LogP contribution in [-0.2, 0) is 25.7 Å². The maximum absolute atomic E-state index is 13.2. The molecule has 0 saturated carbocycles. The average molecular weight is 505 g/mol. The largest absolute Gasteiger partial charge is 0.445 e. The van der Waals surface area contributed by atoms with Crippen LogP contribution in [0.3, 0.4) is 0 Å². The average Bonchev–Trinajstić information content (AvgIpc) is 2.82. The maximum Gasteiger partial charge on any atom is 0.408 e. The number of rotatable bonds is 10. The Labute approximate surface area is 213 Å². The number of carbonyl (C=O) groups excluding carboxylic acids is 4. The van der Waals surface area contributed by atoms with Crippen LogP contribution in [-0.4, -0.2) is 66.7 Å². The van der Waals surface area contributed by atoms with E-state index in [1.165, 1.54) is 4.90 Å². The van der Waals surface area contributed by atoms with Crippen LogP contribution in [0.15, 0.2) is 30.3 Å². The summed E-state index contributed by atoms with van der Waals surface area (Å²) in [4.78, 5) is 51.1. The Morgan fingerprint density at radius 2 is 1.78 bits per heavy atom. The van der Waals surface area contributed by atoms with Gasteiger partial charge >= 0.3 is 12.2 Å². The van der Waals surface area contributed by atoms with Crippen molar-refractivity contribution in [2.24, 2.45) is 5.92 Å². The molecule has 10 nitrogen and oxygen atoms in total. The van der Waals surface area contributed by atoms with Crippen molar-refractivity contribution in [2.75, 3.05) is 26.2 Å². The minimum absolute atomic E-state index is 0.181. The molecular weight excluding hydrogens is 464 g/mol. The fourth-order valence-electron chi connectivity index (χ4n) is 3.76. The van der Waals surface area contributed by atoms with Crippen molar-refractivity contribution >= 4 is 24.0 Å². The molecule has 1 heterocycles. The zero-order valence-electron chi connectivity index (χ0n) is 21.8. The Morgan fingerprint density at radius 1 is 1.06 bits per heavy atom. The first-order chi connectivity index (χ1) is 17.0. The van der Waals surface area contributed by atoms with Gasteiger partial charge in [0, 0.05) is 13.1 Å². The van der Waals surface area contributed by atoms with Crippen LogP contribution in [0, 0.1) is 5.92 Å². The summed E-state index contributed by atoms with van der Waals surface area (Å²) in [5.74, 6) is -0.419. The van der Waals surface area contributed by atoms with Gasteiger partial charge in [-0.05, 0) is 64.5 Å². The van der Waals surface area contributed by atoms with Crippen molar-refractivity contribution < 1.29 is 28.7 Å². The highest BCUT2D eigenvalue weighted by atomic mass is 16.6. The predicted molar refractivity (Wildman–Crippen MR) is 135 cm³/mol. The van der Waals surface area contributed by atoms with Crippen molar-refractivity contribution in [2.45, 2.75) is 71.6 Å². The number of unbranched alkanes of at least 4 members (excludes halogenated alkanes) is 1.